The highest BCUT2D eigenvalue weighted by atomic mass is 32.2. The van der Waals surface area contributed by atoms with Gasteiger partial charge in [-0.25, -0.2) is 8.42 Å². The number of sulfone groups is 1. The number of methoxy groups -OCH3 is 1. The molecule has 1 aromatic carbocycles. The number of hydrogen-bond acceptors (Lipinski definition) is 6. The van der Waals surface area contributed by atoms with Crippen LogP contribution in [-0.4, -0.2) is 37.2 Å². The van der Waals surface area contributed by atoms with Gasteiger partial charge in [0, 0.05) is 5.92 Å². The topological polar surface area (TPSA) is 93.0 Å². The van der Waals surface area contributed by atoms with Crippen molar-refractivity contribution < 1.29 is 23.2 Å². The fourth-order valence-electron chi connectivity index (χ4n) is 3.90. The number of benzene rings is 1. The Bertz CT molecular complexity index is 728. The molecule has 3 atom stereocenters. The first kappa shape index (κ1) is 15.0. The summed E-state index contributed by atoms with van der Waals surface area (Å²) in [6, 6.07) is 7.90. The lowest BCUT2D eigenvalue weighted by atomic mass is 9.86. The van der Waals surface area contributed by atoms with Gasteiger partial charge in [0.2, 0.25) is 0 Å². The SMILES string of the molecule is COC(=O)C1(S(=O)(=O)c2ccccc2)C[C@@H]2C/C(=N\O)[C@H]1C2. The molecule has 0 spiro atoms. The second-order valence-electron chi connectivity index (χ2n) is 5.85. The number of fused-ring (bicyclic) bond motifs is 2. The van der Waals surface area contributed by atoms with Crippen LogP contribution in [0.15, 0.2) is 40.4 Å². The third-order valence-corrected chi connectivity index (χ3v) is 7.29. The summed E-state index contributed by atoms with van der Waals surface area (Å²) in [7, 11) is -2.77. The van der Waals surface area contributed by atoms with Crippen LogP contribution < -0.4 is 0 Å². The zero-order valence-electron chi connectivity index (χ0n) is 12.1. The molecule has 0 saturated heterocycles. The summed E-state index contributed by atoms with van der Waals surface area (Å²) in [6.07, 6.45) is 1.27. The van der Waals surface area contributed by atoms with Gasteiger partial charge in [-0.05, 0) is 37.3 Å². The minimum Gasteiger partial charge on any atom is -0.468 e. The first-order valence-corrected chi connectivity index (χ1v) is 8.54. The molecule has 6 nitrogen and oxygen atoms in total. The third kappa shape index (κ3) is 1.81. The number of rotatable bonds is 3. The molecule has 1 aromatic rings. The second kappa shape index (κ2) is 5.08. The first-order valence-electron chi connectivity index (χ1n) is 7.06. The number of carbonyl (C=O) groups excluding carboxylic acids is 1. The average Bonchev–Trinajstić information content (AvgIpc) is 3.13. The number of oxime groups is 1. The zero-order valence-corrected chi connectivity index (χ0v) is 12.9. The van der Waals surface area contributed by atoms with Crippen molar-refractivity contribution in [3.05, 3.63) is 30.3 Å². The van der Waals surface area contributed by atoms with E-state index < -0.39 is 26.5 Å². The minimum atomic E-state index is -3.95. The van der Waals surface area contributed by atoms with Crippen molar-refractivity contribution >= 4 is 21.5 Å². The Morgan fingerprint density at radius 2 is 2.05 bits per heavy atom. The molecule has 2 aliphatic carbocycles. The molecule has 0 heterocycles. The maximum atomic E-state index is 13.2. The van der Waals surface area contributed by atoms with Gasteiger partial charge < -0.3 is 9.94 Å². The van der Waals surface area contributed by atoms with Crippen molar-refractivity contribution in [1.29, 1.82) is 0 Å². The van der Waals surface area contributed by atoms with Gasteiger partial charge in [0.15, 0.2) is 14.6 Å². The first-order chi connectivity index (χ1) is 10.5. The largest absolute Gasteiger partial charge is 0.468 e. The molecule has 0 aromatic heterocycles. The molecule has 2 fully saturated rings. The van der Waals surface area contributed by atoms with E-state index in [-0.39, 0.29) is 17.2 Å². The summed E-state index contributed by atoms with van der Waals surface area (Å²) >= 11 is 0. The predicted octanol–water partition coefficient (Wildman–Crippen LogP) is 1.63. The Balaban J connectivity index is 2.20. The van der Waals surface area contributed by atoms with E-state index in [4.69, 9.17) is 9.94 Å². The fraction of sp³-hybridized carbons (Fsp3) is 0.467. The lowest BCUT2D eigenvalue weighted by Crippen LogP contribution is -2.53. The highest BCUT2D eigenvalue weighted by Crippen LogP contribution is 2.55. The Hall–Kier alpha value is -1.89. The van der Waals surface area contributed by atoms with Gasteiger partial charge in [-0.3, -0.25) is 4.79 Å². The lowest BCUT2D eigenvalue weighted by molar-refractivity contribution is -0.144. The van der Waals surface area contributed by atoms with Crippen LogP contribution in [0.1, 0.15) is 19.3 Å². The van der Waals surface area contributed by atoms with Crippen LogP contribution in [0.2, 0.25) is 0 Å². The Morgan fingerprint density at radius 3 is 2.59 bits per heavy atom. The summed E-state index contributed by atoms with van der Waals surface area (Å²) in [5.74, 6) is -1.38. The van der Waals surface area contributed by atoms with E-state index >= 15 is 0 Å². The van der Waals surface area contributed by atoms with E-state index in [0.29, 0.717) is 18.6 Å². The van der Waals surface area contributed by atoms with Crippen LogP contribution >= 0.6 is 0 Å². The van der Waals surface area contributed by atoms with E-state index in [1.807, 2.05) is 0 Å². The quantitative estimate of drug-likeness (QED) is 0.518. The average molecular weight is 323 g/mol. The van der Waals surface area contributed by atoms with Crippen LogP contribution in [0.3, 0.4) is 0 Å². The van der Waals surface area contributed by atoms with E-state index in [9.17, 15) is 13.2 Å². The van der Waals surface area contributed by atoms with Crippen molar-refractivity contribution in [1.82, 2.24) is 0 Å². The van der Waals surface area contributed by atoms with Gasteiger partial charge in [-0.2, -0.15) is 0 Å². The van der Waals surface area contributed by atoms with Crippen molar-refractivity contribution in [2.24, 2.45) is 17.0 Å². The van der Waals surface area contributed by atoms with Crippen molar-refractivity contribution in [2.75, 3.05) is 7.11 Å². The fourth-order valence-corrected chi connectivity index (χ4v) is 6.20. The van der Waals surface area contributed by atoms with Gasteiger partial charge in [0.25, 0.3) is 0 Å². The molecule has 118 valence electrons. The Kier molecular flexibility index (Phi) is 3.47. The number of ether oxygens (including phenoxy) is 1. The monoisotopic (exact) mass is 323 g/mol. The number of carbonyl (C=O) groups is 1. The molecular weight excluding hydrogens is 306 g/mol. The molecule has 22 heavy (non-hydrogen) atoms. The van der Waals surface area contributed by atoms with Gasteiger partial charge in [-0.1, -0.05) is 23.4 Å². The smallest absolute Gasteiger partial charge is 0.328 e. The molecule has 2 aliphatic rings. The summed E-state index contributed by atoms with van der Waals surface area (Å²) in [4.78, 5) is 12.6. The van der Waals surface area contributed by atoms with Crippen molar-refractivity contribution in [3.63, 3.8) is 0 Å². The highest BCUT2D eigenvalue weighted by Gasteiger charge is 2.67. The van der Waals surface area contributed by atoms with Crippen LogP contribution in [-0.2, 0) is 19.4 Å². The minimum absolute atomic E-state index is 0.0217. The Labute approximate surface area is 128 Å². The molecule has 1 N–H and O–H groups in total. The van der Waals surface area contributed by atoms with Crippen molar-refractivity contribution in [2.45, 2.75) is 28.9 Å². The predicted molar refractivity (Wildman–Crippen MR) is 78.4 cm³/mol. The van der Waals surface area contributed by atoms with E-state index in [2.05, 4.69) is 5.16 Å². The molecule has 1 unspecified atom stereocenters. The van der Waals surface area contributed by atoms with Gasteiger partial charge in [-0.15, -0.1) is 0 Å². The normalized spacial score (nSPS) is 32.3. The second-order valence-corrected chi connectivity index (χ2v) is 8.06. The van der Waals surface area contributed by atoms with Crippen LogP contribution in [0.5, 0.6) is 0 Å². The van der Waals surface area contributed by atoms with Gasteiger partial charge >= 0.3 is 5.97 Å². The van der Waals surface area contributed by atoms with Crippen LogP contribution in [0.4, 0.5) is 0 Å². The highest BCUT2D eigenvalue weighted by molar-refractivity contribution is 7.93. The maximum absolute atomic E-state index is 13.2. The molecule has 0 aliphatic heterocycles. The Morgan fingerprint density at radius 1 is 1.36 bits per heavy atom. The molecule has 3 rings (SSSR count). The van der Waals surface area contributed by atoms with Crippen LogP contribution in [0, 0.1) is 11.8 Å². The lowest BCUT2D eigenvalue weighted by Gasteiger charge is -2.34. The zero-order chi connectivity index (χ0) is 16.0. The standard InChI is InChI=1S/C15H17NO5S/c1-21-14(17)15(9-10-7-12(15)13(8-10)16-18)22(19,20)11-5-3-2-4-6-11/h2-6,10,12,18H,7-9H2,1H3/b16-13+/t10-,12+,15?/m0/s1. The summed E-state index contributed by atoms with van der Waals surface area (Å²) in [5.41, 5.74) is 0.376. The number of hydrogen-bond donors (Lipinski definition) is 1. The van der Waals surface area contributed by atoms with Gasteiger partial charge in [0.1, 0.15) is 0 Å². The third-order valence-electron chi connectivity index (χ3n) is 4.82. The van der Waals surface area contributed by atoms with E-state index in [1.54, 1.807) is 18.2 Å². The molecule has 2 saturated carbocycles. The maximum Gasteiger partial charge on any atom is 0.328 e. The summed E-state index contributed by atoms with van der Waals surface area (Å²) in [6.45, 7) is 0. The van der Waals surface area contributed by atoms with E-state index in [0.717, 1.165) is 0 Å². The van der Waals surface area contributed by atoms with Crippen LogP contribution in [0.25, 0.3) is 0 Å². The molecule has 0 radical (unpaired) electrons. The summed E-state index contributed by atoms with van der Waals surface area (Å²) < 4.78 is 29.5. The van der Waals surface area contributed by atoms with Gasteiger partial charge in [0.05, 0.1) is 17.7 Å². The molecule has 7 heteroatoms. The summed E-state index contributed by atoms with van der Waals surface area (Å²) in [5, 5.41) is 12.4. The molecular formula is C15H17NO5S. The van der Waals surface area contributed by atoms with E-state index in [1.165, 1.54) is 19.2 Å². The molecule has 0 amide bonds. The van der Waals surface area contributed by atoms with Crippen molar-refractivity contribution in [3.8, 4) is 0 Å². The number of nitrogens with zero attached hydrogens (tertiary/aromatic N) is 1. The number of esters is 1. The molecule has 2 bridgehead atoms.